The summed E-state index contributed by atoms with van der Waals surface area (Å²) in [6, 6.07) is 14.5. The Kier molecular flexibility index (Phi) is 9.45. The van der Waals surface area contributed by atoms with Gasteiger partial charge in [0, 0.05) is 43.9 Å². The van der Waals surface area contributed by atoms with Crippen molar-refractivity contribution in [2.45, 2.75) is 63.9 Å². The predicted octanol–water partition coefficient (Wildman–Crippen LogP) is 5.57. The third kappa shape index (κ3) is 6.95. The monoisotopic (exact) mass is 669 g/mol. The van der Waals surface area contributed by atoms with Crippen molar-refractivity contribution >= 4 is 23.4 Å². The van der Waals surface area contributed by atoms with Crippen molar-refractivity contribution in [2.24, 2.45) is 5.92 Å². The molecule has 1 saturated heterocycles. The molecule has 2 aromatic heterocycles. The zero-order valence-corrected chi connectivity index (χ0v) is 27.6. The van der Waals surface area contributed by atoms with Crippen LogP contribution in [0.5, 0.6) is 17.4 Å². The van der Waals surface area contributed by atoms with Gasteiger partial charge in [-0.1, -0.05) is 36.8 Å². The summed E-state index contributed by atoms with van der Waals surface area (Å²) < 4.78 is 33.9. The van der Waals surface area contributed by atoms with Crippen molar-refractivity contribution in [1.29, 1.82) is 0 Å². The van der Waals surface area contributed by atoms with Gasteiger partial charge in [0.1, 0.15) is 5.75 Å². The number of carbonyl (C=O) groups is 3. The van der Waals surface area contributed by atoms with E-state index in [0.29, 0.717) is 55.4 Å². The summed E-state index contributed by atoms with van der Waals surface area (Å²) in [4.78, 5) is 51.9. The molecule has 3 aliphatic rings. The van der Waals surface area contributed by atoms with Gasteiger partial charge in [0.25, 0.3) is 5.91 Å². The molecule has 0 bridgehead atoms. The van der Waals surface area contributed by atoms with Crippen molar-refractivity contribution in [1.82, 2.24) is 24.2 Å². The summed E-state index contributed by atoms with van der Waals surface area (Å²) in [5, 5.41) is 0. The second-order valence-corrected chi connectivity index (χ2v) is 12.9. The van der Waals surface area contributed by atoms with E-state index in [1.807, 2.05) is 23.1 Å². The number of benzene rings is 2. The van der Waals surface area contributed by atoms with E-state index >= 15 is 4.39 Å². The van der Waals surface area contributed by atoms with Gasteiger partial charge in [-0.25, -0.2) is 14.2 Å². The number of aryl methyl sites for hydroxylation is 1. The van der Waals surface area contributed by atoms with Crippen molar-refractivity contribution in [3.63, 3.8) is 0 Å². The molecule has 2 atom stereocenters. The van der Waals surface area contributed by atoms with E-state index in [1.54, 1.807) is 18.0 Å². The molecule has 49 heavy (non-hydrogen) atoms. The number of aromatic nitrogens is 3. The number of hydrogen-bond acceptors (Lipinski definition) is 8. The number of hydrogen-bond donors (Lipinski definition) is 0. The molecule has 1 aliphatic carbocycles. The number of fused-ring (bicyclic) bond motifs is 2. The maximum atomic E-state index is 15.3. The number of amides is 2. The molecule has 2 aliphatic heterocycles. The standard InChI is InChI=1S/C37H40FN5O6/c1-2-47-37(46)35-39-21-32-40-33(15-18-43(32)35)49-31-20-30-26(19-28(31)38)13-14-29(48-30)36(45)42(23-34(44)41-16-6-7-17-41)22-27(25-11-8-12-25)24-9-4-3-5-10-24/h3-5,9-10,15,18-21,25,27,29H,2,6-8,11-14,16-17,22-23H2,1H3/t27-,29-/m0/s1. The summed E-state index contributed by atoms with van der Waals surface area (Å²) in [5.74, 6) is -0.529. The number of likely N-dealkylation sites (tertiary alicyclic amines) is 1. The first kappa shape index (κ1) is 32.5. The summed E-state index contributed by atoms with van der Waals surface area (Å²) >= 11 is 0. The molecule has 256 valence electrons. The summed E-state index contributed by atoms with van der Waals surface area (Å²) in [5.41, 5.74) is 2.12. The van der Waals surface area contributed by atoms with Crippen molar-refractivity contribution in [2.75, 3.05) is 32.8 Å². The Balaban J connectivity index is 1.10. The molecule has 0 spiro atoms. The molecule has 2 aromatic carbocycles. The molecule has 4 heterocycles. The van der Waals surface area contributed by atoms with E-state index in [1.165, 1.54) is 40.8 Å². The quantitative estimate of drug-likeness (QED) is 0.191. The predicted molar refractivity (Wildman–Crippen MR) is 177 cm³/mol. The molecule has 1 saturated carbocycles. The Hall–Kier alpha value is -5.00. The number of esters is 1. The van der Waals surface area contributed by atoms with Crippen LogP contribution in [0.1, 0.15) is 73.1 Å². The van der Waals surface area contributed by atoms with Crippen molar-refractivity contribution in [3.8, 4) is 17.4 Å². The van der Waals surface area contributed by atoms with Gasteiger partial charge in [-0.15, -0.1) is 0 Å². The number of halogens is 1. The largest absolute Gasteiger partial charge is 0.480 e. The minimum Gasteiger partial charge on any atom is -0.480 e. The average molecular weight is 670 g/mol. The van der Waals surface area contributed by atoms with Crippen LogP contribution in [0.25, 0.3) is 5.65 Å². The fraction of sp³-hybridized carbons (Fsp3) is 0.432. The van der Waals surface area contributed by atoms with Crippen molar-refractivity contribution < 1.29 is 33.0 Å². The minimum absolute atomic E-state index is 0.00000572. The molecule has 2 fully saturated rings. The van der Waals surface area contributed by atoms with Gasteiger partial charge in [-0.2, -0.15) is 4.98 Å². The highest BCUT2D eigenvalue weighted by Gasteiger charge is 2.37. The lowest BCUT2D eigenvalue weighted by molar-refractivity contribution is -0.145. The number of rotatable bonds is 11. The van der Waals surface area contributed by atoms with Crippen LogP contribution in [0.4, 0.5) is 4.39 Å². The van der Waals surface area contributed by atoms with Crippen LogP contribution in [0.2, 0.25) is 0 Å². The maximum absolute atomic E-state index is 15.3. The molecule has 0 unspecified atom stereocenters. The number of nitrogens with zero attached hydrogens (tertiary/aromatic N) is 5. The molecule has 2 amide bonds. The first-order chi connectivity index (χ1) is 23.9. The molecule has 7 rings (SSSR count). The fourth-order valence-electron chi connectivity index (χ4n) is 6.99. The zero-order chi connectivity index (χ0) is 33.9. The molecule has 12 heteroatoms. The molecule has 0 N–H and O–H groups in total. The van der Waals surface area contributed by atoms with E-state index < -0.39 is 17.9 Å². The highest BCUT2D eigenvalue weighted by Crippen LogP contribution is 2.41. The molecule has 4 aromatic rings. The zero-order valence-electron chi connectivity index (χ0n) is 27.6. The van der Waals surface area contributed by atoms with E-state index in [-0.39, 0.29) is 48.3 Å². The fourth-order valence-corrected chi connectivity index (χ4v) is 6.99. The van der Waals surface area contributed by atoms with Crippen LogP contribution in [0, 0.1) is 11.7 Å². The van der Waals surface area contributed by atoms with Gasteiger partial charge >= 0.3 is 5.97 Å². The first-order valence-electron chi connectivity index (χ1n) is 17.2. The van der Waals surface area contributed by atoms with Gasteiger partial charge in [-0.05, 0) is 68.6 Å². The Morgan fingerprint density at radius 3 is 2.59 bits per heavy atom. The lowest BCUT2D eigenvalue weighted by atomic mass is 9.72. The summed E-state index contributed by atoms with van der Waals surface area (Å²) in [6.45, 7) is 3.76. The second-order valence-electron chi connectivity index (χ2n) is 12.9. The van der Waals surface area contributed by atoms with Gasteiger partial charge < -0.3 is 24.0 Å². The SMILES string of the molecule is CCOC(=O)c1ncc2nc(Oc3cc4c(cc3F)CC[C@@H](C(=O)N(CC(=O)N3CCCC3)C[C@@H](c3ccccc3)C3CCC3)O4)ccn12. The van der Waals surface area contributed by atoms with Crippen LogP contribution in [-0.2, 0) is 20.7 Å². The van der Waals surface area contributed by atoms with Gasteiger partial charge in [-0.3, -0.25) is 14.0 Å². The van der Waals surface area contributed by atoms with Crippen LogP contribution < -0.4 is 9.47 Å². The Labute approximate surface area is 284 Å². The normalized spacial score (nSPS) is 17.9. The van der Waals surface area contributed by atoms with Gasteiger partial charge in [0.2, 0.25) is 17.6 Å². The van der Waals surface area contributed by atoms with E-state index in [9.17, 15) is 14.4 Å². The second kappa shape index (κ2) is 14.2. The van der Waals surface area contributed by atoms with E-state index in [2.05, 4.69) is 22.1 Å². The molecular formula is C37H40FN5O6. The molecular weight excluding hydrogens is 629 g/mol. The summed E-state index contributed by atoms with van der Waals surface area (Å²) in [7, 11) is 0. The van der Waals surface area contributed by atoms with Gasteiger partial charge in [0.05, 0.1) is 19.3 Å². The third-order valence-electron chi connectivity index (χ3n) is 9.84. The van der Waals surface area contributed by atoms with Crippen LogP contribution in [0.15, 0.2) is 60.9 Å². The Morgan fingerprint density at radius 2 is 1.86 bits per heavy atom. The van der Waals surface area contributed by atoms with Crippen LogP contribution >= 0.6 is 0 Å². The van der Waals surface area contributed by atoms with Crippen molar-refractivity contribution in [3.05, 3.63) is 83.7 Å². The average Bonchev–Trinajstić information content (AvgIpc) is 3.78. The third-order valence-corrected chi connectivity index (χ3v) is 9.84. The highest BCUT2D eigenvalue weighted by atomic mass is 19.1. The Bertz CT molecular complexity index is 1840. The van der Waals surface area contributed by atoms with Gasteiger partial charge in [0.15, 0.2) is 23.3 Å². The lowest BCUT2D eigenvalue weighted by Gasteiger charge is -2.39. The van der Waals surface area contributed by atoms with Crippen LogP contribution in [-0.4, -0.2) is 80.8 Å². The Morgan fingerprint density at radius 1 is 1.06 bits per heavy atom. The molecule has 0 radical (unpaired) electrons. The number of ether oxygens (including phenoxy) is 3. The topological polar surface area (TPSA) is 116 Å². The van der Waals surface area contributed by atoms with E-state index in [0.717, 1.165) is 25.7 Å². The van der Waals surface area contributed by atoms with E-state index in [4.69, 9.17) is 14.2 Å². The molecule has 11 nitrogen and oxygen atoms in total. The lowest BCUT2D eigenvalue weighted by Crippen LogP contribution is -2.50. The number of imidazole rings is 1. The smallest absolute Gasteiger partial charge is 0.374 e. The first-order valence-corrected chi connectivity index (χ1v) is 17.2. The minimum atomic E-state index is -0.836. The maximum Gasteiger partial charge on any atom is 0.374 e. The highest BCUT2D eigenvalue weighted by molar-refractivity contribution is 5.88. The number of carbonyl (C=O) groups excluding carboxylic acids is 3. The summed E-state index contributed by atoms with van der Waals surface area (Å²) in [6.07, 6.45) is 8.20. The van der Waals surface area contributed by atoms with Crippen LogP contribution in [0.3, 0.4) is 0 Å².